The van der Waals surface area contributed by atoms with E-state index in [2.05, 4.69) is 88.7 Å². The van der Waals surface area contributed by atoms with Crippen molar-refractivity contribution < 1.29 is 4.74 Å². The highest BCUT2D eigenvalue weighted by molar-refractivity contribution is 7.80. The van der Waals surface area contributed by atoms with E-state index in [4.69, 9.17) is 4.74 Å². The monoisotopic (exact) mass is 458 g/mol. The molecule has 4 heteroatoms. The number of rotatable bonds is 6. The van der Waals surface area contributed by atoms with E-state index in [0.717, 1.165) is 18.8 Å². The summed E-state index contributed by atoms with van der Waals surface area (Å²) in [5, 5.41) is 4.18. The molecule has 2 saturated heterocycles. The van der Waals surface area contributed by atoms with E-state index < -0.39 is 7.92 Å². The summed E-state index contributed by atoms with van der Waals surface area (Å²) < 4.78 is 6.00. The van der Waals surface area contributed by atoms with E-state index in [1.165, 1.54) is 66.8 Å². The van der Waals surface area contributed by atoms with Crippen LogP contribution < -0.4 is 25.6 Å². The Labute approximate surface area is 200 Å². The largest absolute Gasteiger partial charge is 0.495 e. The summed E-state index contributed by atoms with van der Waals surface area (Å²) >= 11 is 0. The molecule has 0 radical (unpaired) electrons. The second-order valence-corrected chi connectivity index (χ2v) is 11.4. The van der Waals surface area contributed by atoms with E-state index in [9.17, 15) is 0 Å². The van der Waals surface area contributed by atoms with Crippen LogP contribution in [0.4, 0.5) is 5.69 Å². The first-order valence-corrected chi connectivity index (χ1v) is 13.8. The van der Waals surface area contributed by atoms with Gasteiger partial charge in [-0.15, -0.1) is 0 Å². The highest BCUT2D eigenvalue weighted by Crippen LogP contribution is 2.41. The minimum atomic E-state index is -0.678. The third kappa shape index (κ3) is 4.95. The van der Waals surface area contributed by atoms with Crippen molar-refractivity contribution in [1.29, 1.82) is 0 Å². The first-order valence-electron chi connectivity index (χ1n) is 12.4. The Morgan fingerprint density at radius 1 is 0.727 bits per heavy atom. The number of nitrogens with zero attached hydrogens (tertiary/aromatic N) is 2. The van der Waals surface area contributed by atoms with Gasteiger partial charge >= 0.3 is 0 Å². The van der Waals surface area contributed by atoms with Crippen molar-refractivity contribution in [1.82, 2.24) is 4.90 Å². The van der Waals surface area contributed by atoms with Crippen LogP contribution in [0.1, 0.15) is 32.1 Å². The van der Waals surface area contributed by atoms with E-state index in [-0.39, 0.29) is 0 Å². The smallest absolute Gasteiger partial charge is 0.142 e. The number of ether oxygens (including phenoxy) is 1. The zero-order valence-electron chi connectivity index (χ0n) is 19.7. The molecule has 2 aliphatic rings. The Morgan fingerprint density at radius 3 is 2.03 bits per heavy atom. The van der Waals surface area contributed by atoms with Crippen molar-refractivity contribution in [2.45, 2.75) is 38.1 Å². The van der Waals surface area contributed by atoms with Gasteiger partial charge in [-0.3, -0.25) is 4.90 Å². The van der Waals surface area contributed by atoms with Gasteiger partial charge in [0.15, 0.2) is 0 Å². The first-order chi connectivity index (χ1) is 16.3. The molecule has 5 rings (SSSR count). The summed E-state index contributed by atoms with van der Waals surface area (Å²) in [6, 6.07) is 29.4. The minimum absolute atomic E-state index is 0.650. The van der Waals surface area contributed by atoms with Gasteiger partial charge in [0.1, 0.15) is 5.75 Å². The van der Waals surface area contributed by atoms with Crippen molar-refractivity contribution in [2.75, 3.05) is 38.2 Å². The molecule has 2 heterocycles. The van der Waals surface area contributed by atoms with Gasteiger partial charge in [-0.1, -0.05) is 79.2 Å². The van der Waals surface area contributed by atoms with Crippen LogP contribution in [0.3, 0.4) is 0 Å². The third-order valence-corrected chi connectivity index (χ3v) is 9.56. The lowest BCUT2D eigenvalue weighted by Gasteiger charge is -2.43. The number of benzene rings is 3. The second kappa shape index (κ2) is 10.7. The molecular weight excluding hydrogens is 423 g/mol. The predicted molar refractivity (Wildman–Crippen MR) is 142 cm³/mol. The van der Waals surface area contributed by atoms with Crippen LogP contribution in [0.15, 0.2) is 78.9 Å². The predicted octanol–water partition coefficient (Wildman–Crippen LogP) is 4.91. The fourth-order valence-electron chi connectivity index (χ4n) is 5.49. The van der Waals surface area contributed by atoms with Crippen LogP contribution in [0.2, 0.25) is 0 Å². The molecule has 0 saturated carbocycles. The molecule has 172 valence electrons. The molecule has 0 unspecified atom stereocenters. The van der Waals surface area contributed by atoms with Crippen LogP contribution in [0.5, 0.6) is 5.75 Å². The van der Waals surface area contributed by atoms with E-state index in [1.807, 2.05) is 7.11 Å². The molecule has 0 amide bonds. The number of anilines is 1. The van der Waals surface area contributed by atoms with E-state index in [0.29, 0.717) is 6.04 Å². The van der Waals surface area contributed by atoms with Gasteiger partial charge in [0.2, 0.25) is 0 Å². The van der Waals surface area contributed by atoms with Gasteiger partial charge in [-0.25, -0.2) is 0 Å². The van der Waals surface area contributed by atoms with Crippen LogP contribution in [0.25, 0.3) is 0 Å². The molecule has 0 spiro atoms. The molecule has 0 aromatic heterocycles. The Bertz CT molecular complexity index is 981. The SMILES string of the molecule is COc1cccc(P(c2ccccc2)c2ccccc2)c1N1CCC[C@@H](N2CCCCC2)C1. The quantitative estimate of drug-likeness (QED) is 0.489. The Morgan fingerprint density at radius 2 is 1.39 bits per heavy atom. The van der Waals surface area contributed by atoms with Crippen molar-refractivity contribution >= 4 is 29.5 Å². The molecule has 3 aromatic carbocycles. The lowest BCUT2D eigenvalue weighted by Crippen LogP contribution is -2.50. The molecule has 3 aromatic rings. The van der Waals surface area contributed by atoms with Gasteiger partial charge in [-0.05, 0) is 63.4 Å². The lowest BCUT2D eigenvalue weighted by molar-refractivity contribution is 0.147. The average molecular weight is 459 g/mol. The third-order valence-electron chi connectivity index (χ3n) is 7.09. The number of para-hydroxylation sites is 1. The van der Waals surface area contributed by atoms with Crippen molar-refractivity contribution in [2.24, 2.45) is 0 Å². The molecule has 0 N–H and O–H groups in total. The zero-order chi connectivity index (χ0) is 22.5. The van der Waals surface area contributed by atoms with Gasteiger partial charge in [0.25, 0.3) is 0 Å². The summed E-state index contributed by atoms with van der Waals surface area (Å²) in [6.07, 6.45) is 6.65. The van der Waals surface area contributed by atoms with Gasteiger partial charge in [0, 0.05) is 24.4 Å². The van der Waals surface area contributed by atoms with Gasteiger partial charge < -0.3 is 9.64 Å². The molecular formula is C29H35N2OP. The van der Waals surface area contributed by atoms with Crippen molar-refractivity contribution in [3.63, 3.8) is 0 Å². The Balaban J connectivity index is 1.57. The molecule has 2 aliphatic heterocycles. The summed E-state index contributed by atoms with van der Waals surface area (Å²) in [6.45, 7) is 4.72. The first kappa shape index (κ1) is 22.4. The maximum atomic E-state index is 6.00. The Hall–Kier alpha value is -2.35. The van der Waals surface area contributed by atoms with Crippen LogP contribution in [0, 0.1) is 0 Å². The van der Waals surface area contributed by atoms with Gasteiger partial charge in [-0.2, -0.15) is 0 Å². The minimum Gasteiger partial charge on any atom is -0.495 e. The maximum Gasteiger partial charge on any atom is 0.142 e. The standard InChI is InChI=1S/C29H35N2OP/c1-32-27-18-11-19-28(33(25-14-5-2-6-15-25)26-16-7-3-8-17-26)29(27)31-22-12-13-24(23-31)30-20-9-4-10-21-30/h2-3,5-8,11,14-19,24H,4,9-10,12-13,20-23H2,1H3/t24-/m1/s1. The molecule has 0 bridgehead atoms. The molecule has 33 heavy (non-hydrogen) atoms. The maximum absolute atomic E-state index is 6.00. The van der Waals surface area contributed by atoms with Crippen LogP contribution in [-0.2, 0) is 0 Å². The number of piperidine rings is 2. The van der Waals surface area contributed by atoms with E-state index in [1.54, 1.807) is 0 Å². The number of hydrogen-bond acceptors (Lipinski definition) is 3. The average Bonchev–Trinajstić information content (AvgIpc) is 2.90. The molecule has 2 fully saturated rings. The van der Waals surface area contributed by atoms with Crippen molar-refractivity contribution in [3.05, 3.63) is 78.9 Å². The van der Waals surface area contributed by atoms with Gasteiger partial charge in [0.05, 0.1) is 12.8 Å². The number of hydrogen-bond donors (Lipinski definition) is 0. The highest BCUT2D eigenvalue weighted by Gasteiger charge is 2.31. The fraction of sp³-hybridized carbons (Fsp3) is 0.379. The lowest BCUT2D eigenvalue weighted by atomic mass is 10.00. The number of likely N-dealkylation sites (tertiary alicyclic amines) is 1. The van der Waals surface area contributed by atoms with Crippen LogP contribution in [-0.4, -0.2) is 44.2 Å². The van der Waals surface area contributed by atoms with Crippen molar-refractivity contribution in [3.8, 4) is 5.75 Å². The van der Waals surface area contributed by atoms with E-state index >= 15 is 0 Å². The topological polar surface area (TPSA) is 15.7 Å². The fourth-order valence-corrected chi connectivity index (χ4v) is 7.99. The highest BCUT2D eigenvalue weighted by atomic mass is 31.1. The molecule has 0 aliphatic carbocycles. The summed E-state index contributed by atoms with van der Waals surface area (Å²) in [4.78, 5) is 5.39. The summed E-state index contributed by atoms with van der Waals surface area (Å²) in [7, 11) is 1.14. The van der Waals surface area contributed by atoms with Crippen LogP contribution >= 0.6 is 7.92 Å². The zero-order valence-corrected chi connectivity index (χ0v) is 20.6. The normalized spacial score (nSPS) is 19.6. The Kier molecular flexibility index (Phi) is 7.29. The molecule has 1 atom stereocenters. The summed E-state index contributed by atoms with van der Waals surface area (Å²) in [5.41, 5.74) is 1.31. The number of methoxy groups -OCH3 is 1. The molecule has 3 nitrogen and oxygen atoms in total. The summed E-state index contributed by atoms with van der Waals surface area (Å²) in [5.74, 6) is 1.01. The second-order valence-electron chi connectivity index (χ2n) is 9.17.